The molecule has 0 heterocycles. The van der Waals surface area contributed by atoms with Crippen molar-refractivity contribution < 1.29 is 9.05 Å². The lowest BCUT2D eigenvalue weighted by Crippen LogP contribution is -2.17. The van der Waals surface area contributed by atoms with Crippen molar-refractivity contribution in [3.63, 3.8) is 0 Å². The normalized spacial score (nSPS) is 21.9. The van der Waals surface area contributed by atoms with E-state index in [2.05, 4.69) is 6.92 Å². The molecule has 1 saturated carbocycles. The first-order chi connectivity index (χ1) is 7.70. The number of unbranched alkanes of at least 4 members (excludes halogenated alkanes) is 1. The van der Waals surface area contributed by atoms with Gasteiger partial charge in [0.1, 0.15) is 0 Å². The fourth-order valence-electron chi connectivity index (χ4n) is 2.09. The zero-order chi connectivity index (χ0) is 11.9. The summed E-state index contributed by atoms with van der Waals surface area (Å²) in [5.74, 6) is 0. The van der Waals surface area contributed by atoms with Crippen molar-refractivity contribution in [1.82, 2.24) is 0 Å². The van der Waals surface area contributed by atoms with Crippen molar-refractivity contribution in [3.8, 4) is 0 Å². The van der Waals surface area contributed by atoms with Crippen LogP contribution in [0.1, 0.15) is 58.8 Å². The van der Waals surface area contributed by atoms with Crippen LogP contribution in [0.25, 0.3) is 0 Å². The van der Waals surface area contributed by atoms with Crippen LogP contribution in [-0.4, -0.2) is 18.9 Å². The van der Waals surface area contributed by atoms with E-state index >= 15 is 0 Å². The van der Waals surface area contributed by atoms with E-state index in [1.807, 2.05) is 6.92 Å². The summed E-state index contributed by atoms with van der Waals surface area (Å²) in [5, 5.41) is 0. The molecule has 2 nitrogen and oxygen atoms in total. The van der Waals surface area contributed by atoms with Crippen molar-refractivity contribution in [3.05, 3.63) is 0 Å². The Balaban J connectivity index is 2.44. The third-order valence-electron chi connectivity index (χ3n) is 2.97. The Morgan fingerprint density at radius 3 is 2.44 bits per heavy atom. The van der Waals surface area contributed by atoms with Gasteiger partial charge in [0, 0.05) is 6.16 Å². The second-order valence-corrected chi connectivity index (χ2v) is 8.28. The van der Waals surface area contributed by atoms with Crippen molar-refractivity contribution in [2.75, 3.05) is 12.8 Å². The molecule has 0 aliphatic heterocycles. The maximum absolute atomic E-state index is 6.13. The van der Waals surface area contributed by atoms with Crippen LogP contribution in [0.3, 0.4) is 0 Å². The average Bonchev–Trinajstić information content (AvgIpc) is 2.28. The van der Waals surface area contributed by atoms with E-state index in [4.69, 9.17) is 20.9 Å². The first-order valence-electron chi connectivity index (χ1n) is 6.62. The van der Waals surface area contributed by atoms with Crippen LogP contribution < -0.4 is 0 Å². The van der Waals surface area contributed by atoms with Crippen LogP contribution in [0.5, 0.6) is 0 Å². The van der Waals surface area contributed by atoms with Gasteiger partial charge in [-0.2, -0.15) is 0 Å². The second kappa shape index (κ2) is 7.81. The third-order valence-corrected chi connectivity index (χ3v) is 6.23. The highest BCUT2D eigenvalue weighted by Gasteiger charge is 2.24. The van der Waals surface area contributed by atoms with Crippen LogP contribution in [-0.2, 0) is 20.9 Å². The van der Waals surface area contributed by atoms with Crippen molar-refractivity contribution >= 4 is 18.3 Å². The monoisotopic (exact) mass is 264 g/mol. The van der Waals surface area contributed by atoms with Gasteiger partial charge in [-0.3, -0.25) is 0 Å². The Morgan fingerprint density at radius 2 is 1.88 bits per heavy atom. The summed E-state index contributed by atoms with van der Waals surface area (Å²) < 4.78 is 11.9. The van der Waals surface area contributed by atoms with Gasteiger partial charge in [0.15, 0.2) is 6.49 Å². The highest BCUT2D eigenvalue weighted by atomic mass is 32.5. The van der Waals surface area contributed by atoms with Crippen molar-refractivity contribution in [1.29, 1.82) is 0 Å². The van der Waals surface area contributed by atoms with E-state index in [1.54, 1.807) is 0 Å². The molecule has 0 N–H and O–H groups in total. The van der Waals surface area contributed by atoms with Gasteiger partial charge in [0.05, 0.1) is 12.7 Å². The summed E-state index contributed by atoms with van der Waals surface area (Å²) in [6, 6.07) is 0. The van der Waals surface area contributed by atoms with Crippen LogP contribution >= 0.6 is 6.49 Å². The average molecular weight is 264 g/mol. The standard InChI is InChI=1S/C12H25O2PS/c1-3-5-11-15(16,13-4-2)14-12-9-7-6-8-10-12/h12H,3-11H2,1-2H3. The molecule has 96 valence electrons. The topological polar surface area (TPSA) is 18.5 Å². The Bertz CT molecular complexity index is 227. The predicted octanol–water partition coefficient (Wildman–Crippen LogP) is 4.48. The Morgan fingerprint density at radius 1 is 1.19 bits per heavy atom. The molecule has 0 aromatic rings. The van der Waals surface area contributed by atoms with E-state index in [1.165, 1.54) is 38.5 Å². The molecule has 4 heteroatoms. The quantitative estimate of drug-likeness (QED) is 0.632. The summed E-state index contributed by atoms with van der Waals surface area (Å²) in [4.78, 5) is 0. The first-order valence-corrected chi connectivity index (χ1v) is 9.44. The summed E-state index contributed by atoms with van der Waals surface area (Å²) in [7, 11) is 0. The van der Waals surface area contributed by atoms with Gasteiger partial charge in [-0.25, -0.2) is 0 Å². The molecule has 1 unspecified atom stereocenters. The molecule has 0 aromatic heterocycles. The number of hydrogen-bond acceptors (Lipinski definition) is 3. The number of rotatable bonds is 7. The molecular formula is C12H25O2PS. The van der Waals surface area contributed by atoms with Gasteiger partial charge in [0.2, 0.25) is 0 Å². The molecule has 0 aromatic carbocycles. The van der Waals surface area contributed by atoms with Crippen LogP contribution in [0.4, 0.5) is 0 Å². The lowest BCUT2D eigenvalue weighted by Gasteiger charge is -2.29. The van der Waals surface area contributed by atoms with Crippen LogP contribution in [0.15, 0.2) is 0 Å². The zero-order valence-electron chi connectivity index (χ0n) is 10.6. The molecule has 1 aliphatic carbocycles. The van der Waals surface area contributed by atoms with E-state index in [-0.39, 0.29) is 0 Å². The molecule has 1 rings (SSSR count). The third kappa shape index (κ3) is 5.27. The largest absolute Gasteiger partial charge is 0.330 e. The van der Waals surface area contributed by atoms with E-state index in [9.17, 15) is 0 Å². The lowest BCUT2D eigenvalue weighted by atomic mass is 9.98. The summed E-state index contributed by atoms with van der Waals surface area (Å²) in [6.07, 6.45) is 9.91. The minimum Gasteiger partial charge on any atom is -0.330 e. The van der Waals surface area contributed by atoms with Crippen molar-refractivity contribution in [2.45, 2.75) is 64.9 Å². The molecule has 0 spiro atoms. The molecule has 0 amide bonds. The maximum Gasteiger partial charge on any atom is 0.188 e. The summed E-state index contributed by atoms with van der Waals surface area (Å²) in [5.41, 5.74) is 0. The molecule has 0 bridgehead atoms. The van der Waals surface area contributed by atoms with Crippen molar-refractivity contribution in [2.24, 2.45) is 0 Å². The molecule has 1 fully saturated rings. The van der Waals surface area contributed by atoms with Gasteiger partial charge in [-0.15, -0.1) is 0 Å². The molecule has 0 radical (unpaired) electrons. The molecule has 0 saturated heterocycles. The zero-order valence-corrected chi connectivity index (χ0v) is 12.3. The highest BCUT2D eigenvalue weighted by Crippen LogP contribution is 2.51. The Kier molecular flexibility index (Phi) is 7.14. The van der Waals surface area contributed by atoms with Crippen LogP contribution in [0, 0.1) is 0 Å². The number of hydrogen-bond donors (Lipinski definition) is 0. The van der Waals surface area contributed by atoms with Gasteiger partial charge in [0.25, 0.3) is 0 Å². The Labute approximate surface area is 105 Å². The van der Waals surface area contributed by atoms with Crippen LogP contribution in [0.2, 0.25) is 0 Å². The minimum atomic E-state index is -1.97. The van der Waals surface area contributed by atoms with E-state index in [0.29, 0.717) is 12.7 Å². The fourth-order valence-corrected chi connectivity index (χ4v) is 5.22. The summed E-state index contributed by atoms with van der Waals surface area (Å²) in [6.45, 7) is 2.92. The first kappa shape index (κ1) is 14.6. The van der Waals surface area contributed by atoms with E-state index in [0.717, 1.165) is 12.6 Å². The second-order valence-electron chi connectivity index (χ2n) is 4.47. The van der Waals surface area contributed by atoms with Gasteiger partial charge in [-0.1, -0.05) is 32.6 Å². The maximum atomic E-state index is 6.13. The smallest absolute Gasteiger partial charge is 0.188 e. The molecular weight excluding hydrogens is 239 g/mol. The highest BCUT2D eigenvalue weighted by molar-refractivity contribution is 8.09. The minimum absolute atomic E-state index is 0.378. The fraction of sp³-hybridized carbons (Fsp3) is 1.00. The van der Waals surface area contributed by atoms with E-state index < -0.39 is 6.49 Å². The SMILES string of the molecule is CCCCP(=S)(OCC)OC1CCCCC1. The van der Waals surface area contributed by atoms with Gasteiger partial charge >= 0.3 is 0 Å². The molecule has 1 aliphatic rings. The van der Waals surface area contributed by atoms with Gasteiger partial charge in [-0.05, 0) is 38.0 Å². The predicted molar refractivity (Wildman–Crippen MR) is 73.6 cm³/mol. The molecule has 1 atom stereocenters. The van der Waals surface area contributed by atoms with Gasteiger partial charge < -0.3 is 9.05 Å². The Hall–Kier alpha value is 0.570. The summed E-state index contributed by atoms with van der Waals surface area (Å²) >= 11 is 5.61. The lowest BCUT2D eigenvalue weighted by molar-refractivity contribution is 0.141. The molecule has 16 heavy (non-hydrogen) atoms.